The standard InChI is InChI=1S/C17H26N2O4/c1-4-22-17(21)14-6-5-9-19(10-14)16(20)12-18(3)11-15-8-7-13(2)23-15/h7-8,14H,4-6,9-12H2,1-3H3. The number of piperidine rings is 1. The first-order valence-corrected chi connectivity index (χ1v) is 8.18. The van der Waals surface area contributed by atoms with E-state index in [9.17, 15) is 9.59 Å². The number of aryl methyl sites for hydroxylation is 1. The number of carbonyl (C=O) groups excluding carboxylic acids is 2. The fourth-order valence-corrected chi connectivity index (χ4v) is 2.88. The molecule has 1 unspecified atom stereocenters. The van der Waals surface area contributed by atoms with Crippen LogP contribution in [0.5, 0.6) is 0 Å². The molecule has 2 heterocycles. The average molecular weight is 322 g/mol. The van der Waals surface area contributed by atoms with Crippen molar-refractivity contribution < 1.29 is 18.7 Å². The molecule has 1 atom stereocenters. The first-order chi connectivity index (χ1) is 11.0. The minimum atomic E-state index is -0.190. The Balaban J connectivity index is 1.83. The zero-order chi connectivity index (χ0) is 16.8. The number of hydrogen-bond donors (Lipinski definition) is 0. The number of rotatable bonds is 6. The maximum absolute atomic E-state index is 12.4. The van der Waals surface area contributed by atoms with Gasteiger partial charge in [0.15, 0.2) is 0 Å². The maximum Gasteiger partial charge on any atom is 0.310 e. The predicted octanol–water partition coefficient (Wildman–Crippen LogP) is 1.82. The third-order valence-corrected chi connectivity index (χ3v) is 4.02. The van der Waals surface area contributed by atoms with E-state index in [0.717, 1.165) is 24.4 Å². The number of nitrogens with zero attached hydrogens (tertiary/aromatic N) is 2. The molecule has 0 spiro atoms. The highest BCUT2D eigenvalue weighted by molar-refractivity contribution is 5.80. The Morgan fingerprint density at radius 2 is 2.22 bits per heavy atom. The van der Waals surface area contributed by atoms with Gasteiger partial charge in [-0.1, -0.05) is 0 Å². The Bertz CT molecular complexity index is 540. The van der Waals surface area contributed by atoms with Gasteiger partial charge in [-0.15, -0.1) is 0 Å². The van der Waals surface area contributed by atoms with Crippen LogP contribution in [0, 0.1) is 12.8 Å². The van der Waals surface area contributed by atoms with Crippen LogP contribution in [0.3, 0.4) is 0 Å². The summed E-state index contributed by atoms with van der Waals surface area (Å²) < 4.78 is 10.6. The van der Waals surface area contributed by atoms with Crippen molar-refractivity contribution in [2.24, 2.45) is 5.92 Å². The van der Waals surface area contributed by atoms with E-state index in [1.165, 1.54) is 0 Å². The van der Waals surface area contributed by atoms with Gasteiger partial charge in [0.2, 0.25) is 5.91 Å². The summed E-state index contributed by atoms with van der Waals surface area (Å²) in [5.74, 6) is 1.38. The Hall–Kier alpha value is -1.82. The average Bonchev–Trinajstić information content (AvgIpc) is 2.92. The molecule has 1 aromatic heterocycles. The number of amides is 1. The Labute approximate surface area is 137 Å². The van der Waals surface area contributed by atoms with Gasteiger partial charge in [-0.25, -0.2) is 0 Å². The highest BCUT2D eigenvalue weighted by atomic mass is 16.5. The van der Waals surface area contributed by atoms with Gasteiger partial charge in [-0.3, -0.25) is 14.5 Å². The van der Waals surface area contributed by atoms with Gasteiger partial charge in [0.25, 0.3) is 0 Å². The fourth-order valence-electron chi connectivity index (χ4n) is 2.88. The van der Waals surface area contributed by atoms with Gasteiger partial charge in [-0.2, -0.15) is 0 Å². The Kier molecular flexibility index (Phi) is 6.21. The molecule has 0 bridgehead atoms. The zero-order valence-corrected chi connectivity index (χ0v) is 14.2. The van der Waals surface area contributed by atoms with E-state index in [-0.39, 0.29) is 17.8 Å². The summed E-state index contributed by atoms with van der Waals surface area (Å²) in [7, 11) is 1.89. The topological polar surface area (TPSA) is 63.0 Å². The maximum atomic E-state index is 12.4. The summed E-state index contributed by atoms with van der Waals surface area (Å²) in [5.41, 5.74) is 0. The van der Waals surface area contributed by atoms with Crippen LogP contribution in [-0.2, 0) is 20.9 Å². The number of likely N-dealkylation sites (N-methyl/N-ethyl adjacent to an activating group) is 1. The van der Waals surface area contributed by atoms with Crippen LogP contribution in [-0.4, -0.2) is 55.0 Å². The van der Waals surface area contributed by atoms with E-state index in [2.05, 4.69) is 0 Å². The van der Waals surface area contributed by atoms with Crippen molar-refractivity contribution in [2.45, 2.75) is 33.2 Å². The Morgan fingerprint density at radius 3 is 2.87 bits per heavy atom. The van der Waals surface area contributed by atoms with Crippen LogP contribution in [0.2, 0.25) is 0 Å². The molecule has 1 aliphatic rings. The highest BCUT2D eigenvalue weighted by Gasteiger charge is 2.29. The third-order valence-electron chi connectivity index (χ3n) is 4.02. The number of hydrogen-bond acceptors (Lipinski definition) is 5. The zero-order valence-electron chi connectivity index (χ0n) is 14.2. The molecule has 1 aliphatic heterocycles. The second-order valence-corrected chi connectivity index (χ2v) is 6.12. The molecule has 1 aromatic rings. The molecular formula is C17H26N2O4. The number of furan rings is 1. The Morgan fingerprint density at radius 1 is 1.43 bits per heavy atom. The quantitative estimate of drug-likeness (QED) is 0.748. The van der Waals surface area contributed by atoms with Gasteiger partial charge in [0.1, 0.15) is 11.5 Å². The lowest BCUT2D eigenvalue weighted by Crippen LogP contribution is -2.46. The van der Waals surface area contributed by atoms with Crippen molar-refractivity contribution in [1.29, 1.82) is 0 Å². The molecule has 1 amide bonds. The summed E-state index contributed by atoms with van der Waals surface area (Å²) in [4.78, 5) is 28.0. The molecule has 0 N–H and O–H groups in total. The van der Waals surface area contributed by atoms with Crippen molar-refractivity contribution in [3.63, 3.8) is 0 Å². The minimum Gasteiger partial charge on any atom is -0.466 e. The summed E-state index contributed by atoms with van der Waals surface area (Å²) >= 11 is 0. The van der Waals surface area contributed by atoms with Crippen LogP contribution in [0.1, 0.15) is 31.3 Å². The monoisotopic (exact) mass is 322 g/mol. The lowest BCUT2D eigenvalue weighted by molar-refractivity contribution is -0.151. The van der Waals surface area contributed by atoms with E-state index >= 15 is 0 Å². The van der Waals surface area contributed by atoms with Gasteiger partial charge >= 0.3 is 5.97 Å². The van der Waals surface area contributed by atoms with Gasteiger partial charge < -0.3 is 14.1 Å². The summed E-state index contributed by atoms with van der Waals surface area (Å²) in [5, 5.41) is 0. The van der Waals surface area contributed by atoms with Crippen LogP contribution >= 0.6 is 0 Å². The molecule has 1 saturated heterocycles. The van der Waals surface area contributed by atoms with Crippen molar-refractivity contribution in [3.8, 4) is 0 Å². The largest absolute Gasteiger partial charge is 0.466 e. The first kappa shape index (κ1) is 17.5. The molecular weight excluding hydrogens is 296 g/mol. The molecule has 1 fully saturated rings. The van der Waals surface area contributed by atoms with Crippen LogP contribution in [0.15, 0.2) is 16.5 Å². The number of carbonyl (C=O) groups is 2. The minimum absolute atomic E-state index is 0.0461. The van der Waals surface area contributed by atoms with Gasteiger partial charge in [-0.05, 0) is 45.9 Å². The van der Waals surface area contributed by atoms with Crippen molar-refractivity contribution in [3.05, 3.63) is 23.7 Å². The van der Waals surface area contributed by atoms with E-state index in [1.807, 2.05) is 31.0 Å². The molecule has 2 rings (SSSR count). The molecule has 128 valence electrons. The summed E-state index contributed by atoms with van der Waals surface area (Å²) in [6, 6.07) is 3.84. The van der Waals surface area contributed by atoms with Gasteiger partial charge in [0.05, 0.1) is 25.6 Å². The van der Waals surface area contributed by atoms with E-state index in [0.29, 0.717) is 32.8 Å². The van der Waals surface area contributed by atoms with Crippen LogP contribution < -0.4 is 0 Å². The number of esters is 1. The summed E-state index contributed by atoms with van der Waals surface area (Å²) in [6.45, 7) is 6.17. The molecule has 0 aliphatic carbocycles. The lowest BCUT2D eigenvalue weighted by atomic mass is 9.98. The normalized spacial score (nSPS) is 18.3. The lowest BCUT2D eigenvalue weighted by Gasteiger charge is -2.32. The molecule has 6 nitrogen and oxygen atoms in total. The van der Waals surface area contributed by atoms with Gasteiger partial charge in [0, 0.05) is 13.1 Å². The second kappa shape index (κ2) is 8.15. The molecule has 0 radical (unpaired) electrons. The van der Waals surface area contributed by atoms with Crippen molar-refractivity contribution in [1.82, 2.24) is 9.80 Å². The number of ether oxygens (including phenoxy) is 1. The number of likely N-dealkylation sites (tertiary alicyclic amines) is 1. The fraction of sp³-hybridized carbons (Fsp3) is 0.647. The highest BCUT2D eigenvalue weighted by Crippen LogP contribution is 2.18. The summed E-state index contributed by atoms with van der Waals surface area (Å²) in [6.07, 6.45) is 1.64. The SMILES string of the molecule is CCOC(=O)C1CCCN(C(=O)CN(C)Cc2ccc(C)o2)C1. The van der Waals surface area contributed by atoms with E-state index < -0.39 is 0 Å². The third kappa shape index (κ3) is 5.10. The first-order valence-electron chi connectivity index (χ1n) is 8.18. The van der Waals surface area contributed by atoms with Crippen LogP contribution in [0.4, 0.5) is 0 Å². The van der Waals surface area contributed by atoms with Crippen molar-refractivity contribution >= 4 is 11.9 Å². The smallest absolute Gasteiger partial charge is 0.310 e. The molecule has 6 heteroatoms. The van der Waals surface area contributed by atoms with Crippen molar-refractivity contribution in [2.75, 3.05) is 33.3 Å². The van der Waals surface area contributed by atoms with Crippen LogP contribution in [0.25, 0.3) is 0 Å². The second-order valence-electron chi connectivity index (χ2n) is 6.12. The van der Waals surface area contributed by atoms with E-state index in [1.54, 1.807) is 11.8 Å². The molecule has 0 saturated carbocycles. The van der Waals surface area contributed by atoms with E-state index in [4.69, 9.17) is 9.15 Å². The molecule has 0 aromatic carbocycles. The molecule has 23 heavy (non-hydrogen) atoms. The predicted molar refractivity (Wildman–Crippen MR) is 85.7 cm³/mol.